The lowest BCUT2D eigenvalue weighted by Gasteiger charge is -2.16. The molecule has 23 heavy (non-hydrogen) atoms. The molecule has 6 nitrogen and oxygen atoms in total. The molecule has 1 aliphatic carbocycles. The Kier molecular flexibility index (Phi) is 3.59. The number of nitrogens with two attached hydrogens (primary N) is 1. The Hall–Kier alpha value is -2.25. The van der Waals surface area contributed by atoms with E-state index in [1.807, 2.05) is 23.6 Å². The van der Waals surface area contributed by atoms with E-state index in [0.717, 1.165) is 36.2 Å². The molecular formula is C16H17N5OS. The molecule has 3 aromatic rings. The number of amides is 1. The van der Waals surface area contributed by atoms with Gasteiger partial charge >= 0.3 is 0 Å². The predicted molar refractivity (Wildman–Crippen MR) is 89.4 cm³/mol. The van der Waals surface area contributed by atoms with Gasteiger partial charge in [-0.3, -0.25) is 4.79 Å². The van der Waals surface area contributed by atoms with Crippen LogP contribution in [0.3, 0.4) is 0 Å². The van der Waals surface area contributed by atoms with Gasteiger partial charge in [-0.1, -0.05) is 0 Å². The highest BCUT2D eigenvalue weighted by Gasteiger charge is 2.26. The maximum Gasteiger partial charge on any atom is 0.261 e. The van der Waals surface area contributed by atoms with Gasteiger partial charge in [-0.15, -0.1) is 11.3 Å². The van der Waals surface area contributed by atoms with Gasteiger partial charge in [0.05, 0.1) is 16.8 Å². The molecule has 0 bridgehead atoms. The summed E-state index contributed by atoms with van der Waals surface area (Å²) < 4.78 is 1.77. The first-order valence-corrected chi connectivity index (χ1v) is 8.54. The lowest BCUT2D eigenvalue weighted by molar-refractivity contribution is 0.0938. The second kappa shape index (κ2) is 5.75. The summed E-state index contributed by atoms with van der Waals surface area (Å²) in [5.41, 5.74) is 8.64. The van der Waals surface area contributed by atoms with Crippen LogP contribution in [-0.4, -0.2) is 32.6 Å². The molecule has 0 aromatic carbocycles. The van der Waals surface area contributed by atoms with Gasteiger partial charge in [0.2, 0.25) is 0 Å². The van der Waals surface area contributed by atoms with Gasteiger partial charge in [0.1, 0.15) is 0 Å². The van der Waals surface area contributed by atoms with E-state index in [2.05, 4.69) is 15.4 Å². The first-order chi connectivity index (χ1) is 11.2. The van der Waals surface area contributed by atoms with E-state index in [-0.39, 0.29) is 18.0 Å². The van der Waals surface area contributed by atoms with Gasteiger partial charge in [0.25, 0.3) is 5.91 Å². The van der Waals surface area contributed by atoms with Crippen LogP contribution in [0.15, 0.2) is 36.0 Å². The Balaban J connectivity index is 1.58. The number of imidazole rings is 1. The van der Waals surface area contributed by atoms with Crippen LogP contribution in [0, 0.1) is 0 Å². The van der Waals surface area contributed by atoms with Gasteiger partial charge < -0.3 is 11.1 Å². The standard InChI is InChI=1S/C16H17N5OS/c17-11-3-1-4-12(11)20-16(22)14-7-10(9-23-14)13-8-18-15-5-2-6-19-21(13)15/h2,5-9,11-12H,1,3-4,17H2,(H,20,22)/t11-,12+/m0/s1. The third-order valence-electron chi connectivity index (χ3n) is 4.28. The average molecular weight is 327 g/mol. The molecule has 1 saturated carbocycles. The summed E-state index contributed by atoms with van der Waals surface area (Å²) in [7, 11) is 0. The SMILES string of the molecule is N[C@H]1CCC[C@H]1NC(=O)c1cc(-c2cnc3cccnn23)cs1. The van der Waals surface area contributed by atoms with Crippen LogP contribution in [0.1, 0.15) is 28.9 Å². The highest BCUT2D eigenvalue weighted by molar-refractivity contribution is 7.12. The topological polar surface area (TPSA) is 85.3 Å². The Morgan fingerprint density at radius 3 is 3.17 bits per heavy atom. The third-order valence-corrected chi connectivity index (χ3v) is 5.21. The first kappa shape index (κ1) is 14.3. The number of nitrogens with one attached hydrogen (secondary N) is 1. The number of fused-ring (bicyclic) bond motifs is 1. The average Bonchev–Trinajstić information content (AvgIpc) is 3.27. The molecule has 0 saturated heterocycles. The van der Waals surface area contributed by atoms with E-state index >= 15 is 0 Å². The van der Waals surface area contributed by atoms with Crippen molar-refractivity contribution in [2.45, 2.75) is 31.3 Å². The number of carbonyl (C=O) groups is 1. The van der Waals surface area contributed by atoms with Crippen molar-refractivity contribution < 1.29 is 4.79 Å². The molecule has 3 N–H and O–H groups in total. The van der Waals surface area contributed by atoms with Crippen molar-refractivity contribution in [3.05, 3.63) is 40.8 Å². The molecule has 3 aromatic heterocycles. The Morgan fingerprint density at radius 1 is 1.43 bits per heavy atom. The van der Waals surface area contributed by atoms with Crippen LogP contribution >= 0.6 is 11.3 Å². The van der Waals surface area contributed by atoms with Crippen molar-refractivity contribution >= 4 is 22.9 Å². The fourth-order valence-electron chi connectivity index (χ4n) is 3.02. The fraction of sp³-hybridized carbons (Fsp3) is 0.312. The zero-order chi connectivity index (χ0) is 15.8. The van der Waals surface area contributed by atoms with Crippen LogP contribution in [0.4, 0.5) is 0 Å². The summed E-state index contributed by atoms with van der Waals surface area (Å²) in [5, 5.41) is 9.32. The summed E-state index contributed by atoms with van der Waals surface area (Å²) in [5.74, 6) is -0.0506. The van der Waals surface area contributed by atoms with E-state index in [0.29, 0.717) is 4.88 Å². The number of nitrogens with zero attached hydrogens (tertiary/aromatic N) is 3. The lowest BCUT2D eigenvalue weighted by Crippen LogP contribution is -2.43. The molecular weight excluding hydrogens is 310 g/mol. The summed E-state index contributed by atoms with van der Waals surface area (Å²) >= 11 is 1.43. The van der Waals surface area contributed by atoms with Crippen LogP contribution < -0.4 is 11.1 Å². The number of hydrogen-bond acceptors (Lipinski definition) is 5. The van der Waals surface area contributed by atoms with Gasteiger partial charge in [-0.05, 0) is 37.5 Å². The predicted octanol–water partition coefficient (Wildman–Crippen LogP) is 2.07. The molecule has 0 aliphatic heterocycles. The van der Waals surface area contributed by atoms with Crippen LogP contribution in [0.25, 0.3) is 16.9 Å². The minimum absolute atomic E-state index is 0.0506. The molecule has 2 atom stereocenters. The Morgan fingerprint density at radius 2 is 2.35 bits per heavy atom. The van der Waals surface area contributed by atoms with Gasteiger partial charge in [0, 0.05) is 29.2 Å². The van der Waals surface area contributed by atoms with E-state index < -0.39 is 0 Å². The monoisotopic (exact) mass is 327 g/mol. The molecule has 4 rings (SSSR count). The molecule has 0 spiro atoms. The number of rotatable bonds is 3. The summed E-state index contributed by atoms with van der Waals surface area (Å²) in [6.07, 6.45) is 6.52. The van der Waals surface area contributed by atoms with Crippen molar-refractivity contribution in [3.63, 3.8) is 0 Å². The second-order valence-electron chi connectivity index (χ2n) is 5.81. The lowest BCUT2D eigenvalue weighted by atomic mass is 10.2. The molecule has 1 amide bonds. The van der Waals surface area contributed by atoms with Gasteiger partial charge in [0.15, 0.2) is 5.65 Å². The second-order valence-corrected chi connectivity index (χ2v) is 6.72. The summed E-state index contributed by atoms with van der Waals surface area (Å²) in [6.45, 7) is 0. The molecule has 1 fully saturated rings. The van der Waals surface area contributed by atoms with Crippen LogP contribution in [0.2, 0.25) is 0 Å². The molecule has 7 heteroatoms. The van der Waals surface area contributed by atoms with Crippen molar-refractivity contribution in [2.75, 3.05) is 0 Å². The molecule has 1 aliphatic rings. The maximum absolute atomic E-state index is 12.4. The van der Waals surface area contributed by atoms with E-state index in [1.54, 1.807) is 16.9 Å². The van der Waals surface area contributed by atoms with Crippen LogP contribution in [-0.2, 0) is 0 Å². The first-order valence-electron chi connectivity index (χ1n) is 7.66. The van der Waals surface area contributed by atoms with Crippen molar-refractivity contribution in [3.8, 4) is 11.3 Å². The van der Waals surface area contributed by atoms with E-state index in [4.69, 9.17) is 5.73 Å². The number of aromatic nitrogens is 3. The molecule has 0 unspecified atom stereocenters. The van der Waals surface area contributed by atoms with Crippen molar-refractivity contribution in [1.29, 1.82) is 0 Å². The minimum Gasteiger partial charge on any atom is -0.347 e. The summed E-state index contributed by atoms with van der Waals surface area (Å²) in [4.78, 5) is 17.4. The fourth-order valence-corrected chi connectivity index (χ4v) is 3.83. The van der Waals surface area contributed by atoms with Crippen LogP contribution in [0.5, 0.6) is 0 Å². The molecule has 3 heterocycles. The van der Waals surface area contributed by atoms with Gasteiger partial charge in [-0.2, -0.15) is 5.10 Å². The maximum atomic E-state index is 12.4. The minimum atomic E-state index is -0.0506. The number of hydrogen-bond donors (Lipinski definition) is 2. The molecule has 0 radical (unpaired) electrons. The molecule has 118 valence electrons. The zero-order valence-corrected chi connectivity index (χ0v) is 13.3. The number of carbonyl (C=O) groups excluding carboxylic acids is 1. The Labute approximate surface area is 137 Å². The number of thiophene rings is 1. The van der Waals surface area contributed by atoms with E-state index in [9.17, 15) is 4.79 Å². The third kappa shape index (κ3) is 2.62. The highest BCUT2D eigenvalue weighted by atomic mass is 32.1. The highest BCUT2D eigenvalue weighted by Crippen LogP contribution is 2.26. The summed E-state index contributed by atoms with van der Waals surface area (Å²) in [6, 6.07) is 5.80. The van der Waals surface area contributed by atoms with Crippen molar-refractivity contribution in [1.82, 2.24) is 19.9 Å². The Bertz CT molecular complexity index is 855. The van der Waals surface area contributed by atoms with Crippen molar-refractivity contribution in [2.24, 2.45) is 5.73 Å². The largest absolute Gasteiger partial charge is 0.347 e. The van der Waals surface area contributed by atoms with Gasteiger partial charge in [-0.25, -0.2) is 9.50 Å². The smallest absolute Gasteiger partial charge is 0.261 e. The zero-order valence-electron chi connectivity index (χ0n) is 12.5. The quantitative estimate of drug-likeness (QED) is 0.771. The van der Waals surface area contributed by atoms with E-state index in [1.165, 1.54) is 11.3 Å². The normalized spacial score (nSPS) is 20.9.